The number of ether oxygens (including phenoxy) is 8. The number of nitrogens with two attached hydrogens (primary N) is 1. The summed E-state index contributed by atoms with van der Waals surface area (Å²) < 4.78 is 101. The van der Waals surface area contributed by atoms with Crippen molar-refractivity contribution in [3.8, 4) is 45.5 Å². The van der Waals surface area contributed by atoms with Gasteiger partial charge in [-0.15, -0.1) is 24.8 Å². The number of halogens is 3. The molecular formula is C82H101Cl3N10O20S2. The Bertz CT molecular complexity index is 4850. The molecule has 7 N–H and O–H groups in total. The van der Waals surface area contributed by atoms with Gasteiger partial charge in [-0.2, -0.15) is 0 Å². The number of amides is 7. The topological polar surface area (TPSA) is 397 Å². The summed E-state index contributed by atoms with van der Waals surface area (Å²) in [7, 11) is -4.52. The van der Waals surface area contributed by atoms with Crippen molar-refractivity contribution in [3.63, 3.8) is 0 Å². The Morgan fingerprint density at radius 2 is 0.957 bits per heavy atom. The van der Waals surface area contributed by atoms with Crippen LogP contribution in [0.2, 0.25) is 0 Å². The van der Waals surface area contributed by atoms with Crippen LogP contribution >= 0.6 is 36.4 Å². The van der Waals surface area contributed by atoms with Crippen LogP contribution in [0, 0.1) is 11.8 Å². The van der Waals surface area contributed by atoms with Gasteiger partial charge < -0.3 is 69.4 Å². The van der Waals surface area contributed by atoms with E-state index in [2.05, 4.69) is 30.1 Å². The third kappa shape index (κ3) is 21.0. The van der Waals surface area contributed by atoms with Gasteiger partial charge in [-0.1, -0.05) is 112 Å². The van der Waals surface area contributed by atoms with E-state index in [-0.39, 0.29) is 81.2 Å². The maximum atomic E-state index is 14.6. The summed E-state index contributed by atoms with van der Waals surface area (Å²) in [6, 6.07) is 30.2. The van der Waals surface area contributed by atoms with Gasteiger partial charge in [0.05, 0.1) is 92.7 Å². The number of methoxy groups -OCH3 is 2. The third-order valence-corrected chi connectivity index (χ3v) is 27.0. The second-order valence-corrected chi connectivity index (χ2v) is 35.8. The second kappa shape index (κ2) is 38.0. The number of fused-ring (bicyclic) bond motifs is 6. The fourth-order valence-electron chi connectivity index (χ4n) is 16.4. The van der Waals surface area contributed by atoms with Gasteiger partial charge >= 0.3 is 11.5 Å². The Kier molecular flexibility index (Phi) is 28.4. The molecule has 0 radical (unpaired) electrons. The second-order valence-electron chi connectivity index (χ2n) is 31.6. The number of carbonyl (C=O) groups is 8. The first-order valence-electron chi connectivity index (χ1n) is 39.9. The van der Waals surface area contributed by atoms with Gasteiger partial charge in [0.15, 0.2) is 0 Å². The molecule has 10 fully saturated rings. The molecule has 12 atom stereocenters. The number of aromatic nitrogens is 2. The number of carbonyl (C=O) groups excluding carboxylic acids is 8. The summed E-state index contributed by atoms with van der Waals surface area (Å²) >= 11 is 4.94. The number of hydrogen-bond acceptors (Lipinski definition) is 23. The molecule has 6 saturated heterocycles. The highest BCUT2D eigenvalue weighted by molar-refractivity contribution is 7.91. The maximum absolute atomic E-state index is 14.6. The molecule has 8 heterocycles. The quantitative estimate of drug-likeness (QED) is 0.0463. The van der Waals surface area contributed by atoms with Gasteiger partial charge in [0.2, 0.25) is 43.7 Å². The van der Waals surface area contributed by atoms with Gasteiger partial charge in [0.1, 0.15) is 76.6 Å². The van der Waals surface area contributed by atoms with Crippen LogP contribution in [0.25, 0.3) is 44.3 Å². The van der Waals surface area contributed by atoms with Gasteiger partial charge in [0, 0.05) is 83.4 Å². The Morgan fingerprint density at radius 1 is 0.530 bits per heavy atom. The molecule has 4 aromatic carbocycles. The maximum Gasteiger partial charge on any atom is 0.408 e. The Morgan fingerprint density at radius 3 is 1.38 bits per heavy atom. The minimum absolute atomic E-state index is 0. The van der Waals surface area contributed by atoms with E-state index in [1.165, 1.54) is 9.80 Å². The molecule has 117 heavy (non-hydrogen) atoms. The van der Waals surface area contributed by atoms with Crippen LogP contribution in [-0.2, 0) is 67.8 Å². The van der Waals surface area contributed by atoms with E-state index in [0.29, 0.717) is 148 Å². The molecule has 30 nitrogen and oxygen atoms in total. The number of nitrogens with one attached hydrogen (secondary N) is 5. The van der Waals surface area contributed by atoms with Crippen molar-refractivity contribution in [3.05, 3.63) is 109 Å². The van der Waals surface area contributed by atoms with Gasteiger partial charge in [-0.25, -0.2) is 36.4 Å². The summed E-state index contributed by atoms with van der Waals surface area (Å²) in [5, 5.41) is 8.92. The summed E-state index contributed by atoms with van der Waals surface area (Å²) in [5.41, 5.74) is 7.29. The van der Waals surface area contributed by atoms with Crippen LogP contribution < -0.4 is 50.1 Å². The highest BCUT2D eigenvalue weighted by atomic mass is 35.5. The molecule has 7 amide bonds. The first kappa shape index (κ1) is 87.4. The zero-order chi connectivity index (χ0) is 80.8. The molecule has 35 heteroatoms. The average molecular weight is 1720 g/mol. The SMILES string of the molecule is COc1ccc2c(O[C@@H]3C[C@H]4C(=O)N[C@]5(C(=O)NS(=O)(=O)C6CC6)CC5CCCCCC[C@H](N)C(=O)N4C3)cc(-c3ccccc3)nc2c1.COc1ccc2c(O[C@@H]3C[C@H]4C(=O)N[C@]5(C(=O)NS(=O)(=O)C6CC6)CC5CCCCCC[C@H](NC(=O)O[C@H]5CCOC5)C(=O)N4C3)cc(-c3ccccc3)nc2c1.Cl.Cl.O=C(Cl)O[C@H]1CCOC1. The van der Waals surface area contributed by atoms with Crippen molar-refractivity contribution in [1.29, 1.82) is 0 Å². The molecule has 4 saturated carbocycles. The molecule has 16 rings (SSSR count). The van der Waals surface area contributed by atoms with Gasteiger partial charge in [-0.05, 0) is 100 Å². The minimum atomic E-state index is -3.88. The number of pyridine rings is 2. The third-order valence-electron chi connectivity index (χ3n) is 23.3. The van der Waals surface area contributed by atoms with Gasteiger partial charge in [-0.3, -0.25) is 38.2 Å². The predicted molar refractivity (Wildman–Crippen MR) is 437 cm³/mol. The van der Waals surface area contributed by atoms with Crippen molar-refractivity contribution in [2.45, 2.75) is 211 Å². The Hall–Kier alpha value is -8.89. The lowest BCUT2D eigenvalue weighted by molar-refractivity contribution is -0.141. The van der Waals surface area contributed by atoms with E-state index < -0.39 is 125 Å². The molecule has 10 aliphatic rings. The van der Waals surface area contributed by atoms with Crippen molar-refractivity contribution in [2.24, 2.45) is 17.6 Å². The van der Waals surface area contributed by atoms with Crippen molar-refractivity contribution in [1.82, 2.24) is 45.2 Å². The monoisotopic (exact) mass is 1710 g/mol. The summed E-state index contributed by atoms with van der Waals surface area (Å²) in [5.74, 6) is -1.52. The highest BCUT2D eigenvalue weighted by Crippen LogP contribution is 2.50. The van der Waals surface area contributed by atoms with Crippen LogP contribution in [0.1, 0.15) is 141 Å². The van der Waals surface area contributed by atoms with Crippen molar-refractivity contribution < 1.29 is 93.1 Å². The Labute approximate surface area is 696 Å². The first-order chi connectivity index (χ1) is 55.4. The molecule has 2 unspecified atom stereocenters. The fraction of sp³-hybridized carbons (Fsp3) is 0.537. The molecule has 0 bridgehead atoms. The van der Waals surface area contributed by atoms with E-state index >= 15 is 0 Å². The van der Waals surface area contributed by atoms with Crippen LogP contribution in [0.3, 0.4) is 0 Å². The van der Waals surface area contributed by atoms with E-state index in [4.69, 9.17) is 60.5 Å². The summed E-state index contributed by atoms with van der Waals surface area (Å²) in [6.07, 6.45) is 10.1. The molecule has 0 spiro atoms. The number of sulfonamides is 2. The zero-order valence-corrected chi connectivity index (χ0v) is 69.2. The van der Waals surface area contributed by atoms with Gasteiger partial charge in [0.25, 0.3) is 11.8 Å². The largest absolute Gasteiger partial charge is 0.497 e. The van der Waals surface area contributed by atoms with Crippen molar-refractivity contribution >= 4 is 125 Å². The Balaban J connectivity index is 0.000000193. The fourth-order valence-corrected chi connectivity index (χ4v) is 19.2. The molecule has 6 aliphatic heterocycles. The molecule has 632 valence electrons. The number of nitrogens with zero attached hydrogens (tertiary/aromatic N) is 4. The van der Waals surface area contributed by atoms with E-state index in [0.717, 1.165) is 67.9 Å². The standard InChI is InChI=1S/C41H49N5O10S.C36H43N5O7S.C5H7ClO3.2ClH/c1-53-27-13-16-31-34(19-27)42-33(25-9-5-4-6-10-25)21-36(31)55-29-20-35-37(47)44-41(39(49)45-57(51,52)30-14-15-30)22-26(41)11-7-2-3-8-12-32(38(48)46(35)23-29)43-40(50)56-28-17-18-54-24-28;1-47-24-13-16-27-30(17-24)38-29(22-9-5-4-6-10-22)19-32(27)48-25-18-31-33(42)39-36(35(44)40-49(45,46)26-14-15-26)20-23(36)11-7-2-3-8-12-28(37)34(43)41(31)21-25;6-5(7)9-4-1-2-8-3-4;;/h4-6,9-10,13,16,19,21,26,28-30,32,35H,2-3,7-8,11-12,14-15,17-18,20,22-24H2,1H3,(H,43,50)(H,44,47)(H,45,49);4-6,9-10,13,16-17,19,23,25-26,28,31H,2-3,7-8,11-12,14-15,18,20-21,37H2,1H3,(H,39,42)(H,40,44);4H,1-3H2;2*1H/t26?,28-,29+,32-,35-,41+;23?,25-,28+,31+,36-;4-;;/m010../s1. The molecular weight excluding hydrogens is 1620 g/mol. The summed E-state index contributed by atoms with van der Waals surface area (Å²) in [6.45, 7) is 2.02. The van der Waals surface area contributed by atoms with E-state index in [1.807, 2.05) is 103 Å². The minimum Gasteiger partial charge on any atom is -0.497 e. The molecule has 2 aromatic heterocycles. The van der Waals surface area contributed by atoms with Crippen molar-refractivity contribution in [2.75, 3.05) is 53.7 Å². The average Bonchev–Trinajstić information content (AvgIpc) is 1.58. The number of alkyl carbamates (subject to hydrolysis) is 1. The first-order valence-corrected chi connectivity index (χ1v) is 43.4. The van der Waals surface area contributed by atoms with Crippen LogP contribution in [0.4, 0.5) is 9.59 Å². The number of hydrogen-bond donors (Lipinski definition) is 6. The zero-order valence-electron chi connectivity index (χ0n) is 65.2. The lowest BCUT2D eigenvalue weighted by Crippen LogP contribution is -2.58. The predicted octanol–water partition coefficient (Wildman–Crippen LogP) is 9.40. The van der Waals surface area contributed by atoms with Crippen LogP contribution in [0.15, 0.2) is 109 Å². The molecule has 4 aliphatic carbocycles. The summed E-state index contributed by atoms with van der Waals surface area (Å²) in [4.78, 5) is 120. The lowest BCUT2D eigenvalue weighted by atomic mass is 10.0. The van der Waals surface area contributed by atoms with E-state index in [1.54, 1.807) is 20.3 Å². The normalized spacial score (nSPS) is 27.3. The highest BCUT2D eigenvalue weighted by Gasteiger charge is 2.64. The lowest BCUT2D eigenvalue weighted by Gasteiger charge is -2.30. The number of rotatable bonds is 17. The smallest absolute Gasteiger partial charge is 0.408 e. The van der Waals surface area contributed by atoms with Crippen LogP contribution in [0.5, 0.6) is 23.0 Å². The van der Waals surface area contributed by atoms with Crippen LogP contribution in [-0.4, -0.2) is 207 Å². The molecule has 6 aromatic rings. The number of benzene rings is 4. The van der Waals surface area contributed by atoms with E-state index in [9.17, 15) is 55.2 Å².